The van der Waals surface area contributed by atoms with Crippen molar-refractivity contribution in [2.75, 3.05) is 32.1 Å². The highest BCUT2D eigenvalue weighted by molar-refractivity contribution is 7.89. The van der Waals surface area contributed by atoms with Gasteiger partial charge in [0.25, 0.3) is 5.91 Å². The number of nitrogens with one attached hydrogen (secondary N) is 1. The Morgan fingerprint density at radius 1 is 1.05 bits per heavy atom. The molecule has 2 aromatic carbocycles. The van der Waals surface area contributed by atoms with E-state index in [1.165, 1.54) is 46.8 Å². The molecule has 3 rings (SSSR count). The van der Waals surface area contributed by atoms with E-state index in [2.05, 4.69) is 10.3 Å². The Hall–Kier alpha value is -2.86. The zero-order valence-corrected chi connectivity index (χ0v) is 24.0. The van der Waals surface area contributed by atoms with Crippen LogP contribution in [0.25, 0.3) is 10.2 Å². The molecule has 38 heavy (non-hydrogen) atoms. The molecule has 0 aliphatic heterocycles. The fourth-order valence-corrected chi connectivity index (χ4v) is 6.54. The largest absolute Gasteiger partial charge is 0.383 e. The molecule has 0 unspecified atom stereocenters. The first kappa shape index (κ1) is 29.7. The maximum absolute atomic E-state index is 13.2. The first-order chi connectivity index (χ1) is 18.2. The Labute approximate surface area is 228 Å². The summed E-state index contributed by atoms with van der Waals surface area (Å²) >= 11 is 1.33. The summed E-state index contributed by atoms with van der Waals surface area (Å²) in [5, 5.41) is 2.77. The van der Waals surface area contributed by atoms with E-state index in [-0.39, 0.29) is 10.8 Å². The van der Waals surface area contributed by atoms with Gasteiger partial charge in [0.1, 0.15) is 0 Å². The number of nitrogens with zero attached hydrogens (tertiary/aromatic N) is 3. The Bertz CT molecular complexity index is 1420. The van der Waals surface area contributed by atoms with Gasteiger partial charge in [0.15, 0.2) is 4.80 Å². The summed E-state index contributed by atoms with van der Waals surface area (Å²) < 4.78 is 36.0. The van der Waals surface area contributed by atoms with Gasteiger partial charge in [0.2, 0.25) is 15.9 Å². The topological polar surface area (TPSA) is 110 Å². The summed E-state index contributed by atoms with van der Waals surface area (Å²) in [5.74, 6) is -0.639. The van der Waals surface area contributed by atoms with Crippen LogP contribution in [0.3, 0.4) is 0 Å². The van der Waals surface area contributed by atoms with Gasteiger partial charge in [-0.05, 0) is 55.3 Å². The van der Waals surface area contributed by atoms with Gasteiger partial charge in [-0.3, -0.25) is 9.59 Å². The average Bonchev–Trinajstić information content (AvgIpc) is 3.22. The number of sulfonamides is 1. The highest BCUT2D eigenvalue weighted by Gasteiger charge is 2.23. The Morgan fingerprint density at radius 2 is 1.71 bits per heavy atom. The number of aromatic nitrogens is 1. The molecule has 0 aliphatic carbocycles. The number of hydrogen-bond donors (Lipinski definition) is 1. The van der Waals surface area contributed by atoms with Crippen LogP contribution in [0.1, 0.15) is 56.8 Å². The zero-order chi connectivity index (χ0) is 27.7. The summed E-state index contributed by atoms with van der Waals surface area (Å²) in [6, 6.07) is 11.5. The fourth-order valence-electron chi connectivity index (χ4n) is 3.93. The lowest BCUT2D eigenvalue weighted by Gasteiger charge is -2.22. The first-order valence-corrected chi connectivity index (χ1v) is 15.1. The maximum atomic E-state index is 13.2. The third-order valence-electron chi connectivity index (χ3n) is 5.98. The number of unbranched alkanes of at least 4 members (excludes halogenated alkanes) is 2. The van der Waals surface area contributed by atoms with Crippen molar-refractivity contribution in [3.63, 3.8) is 0 Å². The van der Waals surface area contributed by atoms with Gasteiger partial charge in [-0.15, -0.1) is 0 Å². The number of carbonyl (C=O) groups excluding carboxylic acids is 2. The number of amides is 2. The first-order valence-electron chi connectivity index (χ1n) is 12.8. The number of carbonyl (C=O) groups is 2. The number of methoxy groups -OCH3 is 1. The lowest BCUT2D eigenvalue weighted by atomic mass is 10.2. The van der Waals surface area contributed by atoms with Crippen LogP contribution < -0.4 is 10.1 Å². The van der Waals surface area contributed by atoms with Crippen LogP contribution in [0.4, 0.5) is 5.69 Å². The van der Waals surface area contributed by atoms with Gasteiger partial charge < -0.3 is 14.6 Å². The minimum absolute atomic E-state index is 0.169. The van der Waals surface area contributed by atoms with Crippen molar-refractivity contribution in [2.24, 2.45) is 4.99 Å². The number of benzene rings is 2. The van der Waals surface area contributed by atoms with E-state index < -0.39 is 15.9 Å². The van der Waals surface area contributed by atoms with Gasteiger partial charge in [-0.25, -0.2) is 8.42 Å². The minimum atomic E-state index is -3.65. The third-order valence-corrected chi connectivity index (χ3v) is 8.93. The third kappa shape index (κ3) is 7.37. The molecule has 2 amide bonds. The predicted octanol–water partition coefficient (Wildman–Crippen LogP) is 4.64. The van der Waals surface area contributed by atoms with Gasteiger partial charge in [-0.1, -0.05) is 38.0 Å². The van der Waals surface area contributed by atoms with Gasteiger partial charge >= 0.3 is 0 Å². The molecule has 0 saturated heterocycles. The Morgan fingerprint density at radius 3 is 2.29 bits per heavy atom. The van der Waals surface area contributed by atoms with E-state index in [1.54, 1.807) is 13.2 Å². The van der Waals surface area contributed by atoms with Gasteiger partial charge in [-0.2, -0.15) is 9.30 Å². The molecule has 1 N–H and O–H groups in total. The molecule has 0 radical (unpaired) electrons. The molecule has 0 fully saturated rings. The van der Waals surface area contributed by atoms with Crippen LogP contribution in [0.15, 0.2) is 52.4 Å². The monoisotopic (exact) mass is 560 g/mol. The van der Waals surface area contributed by atoms with E-state index in [1.807, 2.05) is 30.5 Å². The second-order valence-corrected chi connectivity index (χ2v) is 11.9. The van der Waals surface area contributed by atoms with Crippen molar-refractivity contribution in [2.45, 2.75) is 57.9 Å². The molecule has 0 bridgehead atoms. The van der Waals surface area contributed by atoms with Crippen LogP contribution in [0.5, 0.6) is 0 Å². The van der Waals surface area contributed by atoms with E-state index in [4.69, 9.17) is 4.74 Å². The predicted molar refractivity (Wildman–Crippen MR) is 151 cm³/mol. The molecular formula is C27H36N4O5S2. The summed E-state index contributed by atoms with van der Waals surface area (Å²) in [4.78, 5) is 29.6. The number of rotatable bonds is 13. The quantitative estimate of drug-likeness (QED) is 0.328. The fraction of sp³-hybridized carbons (Fsp3) is 0.444. The van der Waals surface area contributed by atoms with Crippen molar-refractivity contribution in [1.29, 1.82) is 0 Å². The van der Waals surface area contributed by atoms with E-state index in [0.717, 1.165) is 35.9 Å². The Balaban J connectivity index is 1.93. The summed E-state index contributed by atoms with van der Waals surface area (Å²) in [6.07, 6.45) is 3.40. The minimum Gasteiger partial charge on any atom is -0.383 e. The molecule has 0 atom stereocenters. The van der Waals surface area contributed by atoms with Gasteiger partial charge in [0.05, 0.1) is 21.7 Å². The SMILES string of the molecule is CCCCN(CCCC)S(=O)(=O)c1ccc(C(=O)N=c2sc3cc(NC(C)=O)ccc3n2CCOC)cc1. The molecular weight excluding hydrogens is 524 g/mol. The number of thiazole rings is 1. The molecule has 0 saturated carbocycles. The second-order valence-electron chi connectivity index (χ2n) is 8.95. The summed E-state index contributed by atoms with van der Waals surface area (Å²) in [7, 11) is -2.04. The molecule has 1 aromatic heterocycles. The molecule has 3 aromatic rings. The zero-order valence-electron chi connectivity index (χ0n) is 22.4. The van der Waals surface area contributed by atoms with Crippen molar-refractivity contribution >= 4 is 49.1 Å². The van der Waals surface area contributed by atoms with Crippen LogP contribution >= 0.6 is 11.3 Å². The van der Waals surface area contributed by atoms with Crippen molar-refractivity contribution in [3.8, 4) is 0 Å². The number of anilines is 1. The van der Waals surface area contributed by atoms with Crippen LogP contribution in [0.2, 0.25) is 0 Å². The summed E-state index contributed by atoms with van der Waals surface area (Å²) in [5.41, 5.74) is 1.83. The smallest absolute Gasteiger partial charge is 0.279 e. The molecule has 1 heterocycles. The number of hydrogen-bond acceptors (Lipinski definition) is 6. The maximum Gasteiger partial charge on any atom is 0.279 e. The van der Waals surface area contributed by atoms with Crippen molar-refractivity contribution in [3.05, 3.63) is 52.8 Å². The van der Waals surface area contributed by atoms with Crippen molar-refractivity contribution in [1.82, 2.24) is 8.87 Å². The highest BCUT2D eigenvalue weighted by Crippen LogP contribution is 2.23. The van der Waals surface area contributed by atoms with Crippen LogP contribution in [-0.4, -0.2) is 55.9 Å². The standard InChI is InChI=1S/C27H36N4O5S2/c1-5-7-15-30(16-8-6-2)38(34,35)23-12-9-21(10-13-23)26(33)29-27-31(17-18-36-4)24-14-11-22(28-20(3)32)19-25(24)37-27/h9-14,19H,5-8,15-18H2,1-4H3,(H,28,32). The molecule has 11 heteroatoms. The van der Waals surface area contributed by atoms with Crippen LogP contribution in [0, 0.1) is 0 Å². The normalized spacial score (nSPS) is 12.4. The highest BCUT2D eigenvalue weighted by atomic mass is 32.2. The molecule has 206 valence electrons. The van der Waals surface area contributed by atoms with E-state index >= 15 is 0 Å². The average molecular weight is 561 g/mol. The lowest BCUT2D eigenvalue weighted by molar-refractivity contribution is -0.114. The molecule has 0 aliphatic rings. The lowest BCUT2D eigenvalue weighted by Crippen LogP contribution is -2.33. The molecule has 0 spiro atoms. The van der Waals surface area contributed by atoms with E-state index in [0.29, 0.717) is 42.3 Å². The van der Waals surface area contributed by atoms with E-state index in [9.17, 15) is 18.0 Å². The van der Waals surface area contributed by atoms with Crippen LogP contribution in [-0.2, 0) is 26.1 Å². The number of fused-ring (bicyclic) bond motifs is 1. The summed E-state index contributed by atoms with van der Waals surface area (Å²) in [6.45, 7) is 7.39. The second kappa shape index (κ2) is 13.8. The Kier molecular flexibility index (Phi) is 10.8. The van der Waals surface area contributed by atoms with Crippen molar-refractivity contribution < 1.29 is 22.7 Å². The molecule has 9 nitrogen and oxygen atoms in total. The number of ether oxygens (including phenoxy) is 1. The van der Waals surface area contributed by atoms with Gasteiger partial charge in [0, 0.05) is 44.9 Å².